The van der Waals surface area contributed by atoms with Crippen LogP contribution in [0.5, 0.6) is 0 Å². The monoisotopic (exact) mass is 1610 g/mol. The van der Waals surface area contributed by atoms with Crippen molar-refractivity contribution in [3.8, 4) is 28.4 Å². The lowest BCUT2D eigenvalue weighted by Gasteiger charge is -2.08. The Labute approximate surface area is 616 Å². The summed E-state index contributed by atoms with van der Waals surface area (Å²) in [7, 11) is 0. The van der Waals surface area contributed by atoms with Crippen molar-refractivity contribution >= 4 is 189 Å². The number of pyridine rings is 5. The predicted octanol–water partition coefficient (Wildman–Crippen LogP) is 24.7. The molecule has 10 nitrogen and oxygen atoms in total. The lowest BCUT2D eigenvalue weighted by atomic mass is 10.2. The van der Waals surface area contributed by atoms with Gasteiger partial charge in [-0.3, -0.25) is 19.5 Å². The van der Waals surface area contributed by atoms with Crippen LogP contribution in [0.4, 0.5) is 0 Å². The first-order valence-electron chi connectivity index (χ1n) is 32.2. The molecule has 0 aliphatic rings. The molecule has 0 N–H and O–H groups in total. The second-order valence-electron chi connectivity index (χ2n) is 23.4. The molecule has 10 heterocycles. The van der Waals surface area contributed by atoms with Crippen LogP contribution < -0.4 is 0 Å². The fourth-order valence-electron chi connectivity index (χ4n) is 13.5. The van der Waals surface area contributed by atoms with Crippen molar-refractivity contribution in [2.45, 2.75) is 0 Å². The number of rotatable bonds is 5. The van der Waals surface area contributed by atoms with Crippen LogP contribution in [0, 0.1) is 0 Å². The Hall–Kier alpha value is -10.7. The number of hydrogen-bond acceptors (Lipinski definition) is 5. The van der Waals surface area contributed by atoms with Crippen LogP contribution in [0.25, 0.3) is 138 Å². The Balaban J connectivity index is 0.0000000972. The molecular weight excluding hydrogens is 1560 g/mol. The molecule has 0 atom stereocenters. The first-order valence-corrected chi connectivity index (χ1v) is 36.2. The Bertz CT molecular complexity index is 5450. The molecule has 10 aromatic carbocycles. The maximum absolute atomic E-state index is 4.58. The van der Waals surface area contributed by atoms with Gasteiger partial charge in [0.15, 0.2) is 0 Å². The molecule has 0 saturated carbocycles. The average molecular weight is 1620 g/mol. The van der Waals surface area contributed by atoms with Gasteiger partial charge in [-0.25, -0.2) is 9.97 Å². The van der Waals surface area contributed by atoms with Gasteiger partial charge < -0.3 is 18.3 Å². The summed E-state index contributed by atoms with van der Waals surface area (Å²) in [6.07, 6.45) is 13.1. The van der Waals surface area contributed by atoms with E-state index in [9.17, 15) is 0 Å². The van der Waals surface area contributed by atoms with E-state index in [1.807, 2.05) is 98.0 Å². The highest BCUT2D eigenvalue weighted by molar-refractivity contribution is 9.11. The van der Waals surface area contributed by atoms with E-state index in [0.29, 0.717) is 0 Å². The van der Waals surface area contributed by atoms with Crippen LogP contribution in [-0.2, 0) is 0 Å². The third kappa shape index (κ3) is 11.9. The van der Waals surface area contributed by atoms with Gasteiger partial charge in [0.05, 0.1) is 61.4 Å². The van der Waals surface area contributed by atoms with Crippen LogP contribution in [0.1, 0.15) is 0 Å². The standard InChI is InChI=1S/5C17H11BrN2/c18-15-10-4-8-13-14-9-5-11-19-17(14)20(16(13)15)12-6-2-1-3-7-12;18-14-9-4-8-13-16-15(10-5-11-19-16)20(17(13)14)12-6-2-1-3-7-12;18-17-16-14(10-11-19-17)13-8-4-5-9-15(13)20(16)12-6-2-1-3-7-12;18-15-8-4-7-14-13-9-10-19-11-16(13)20(17(14)15)12-5-2-1-3-6-12;18-15-8-4-7-13-14-11-19-10-9-16(14)20(17(13)15)12-5-2-1-3-6-12/h5*1-11H. The van der Waals surface area contributed by atoms with Gasteiger partial charge in [-0.1, -0.05) is 158 Å². The molecule has 20 rings (SSSR count). The summed E-state index contributed by atoms with van der Waals surface area (Å²) in [4.78, 5) is 22.1. The molecule has 0 unspecified atom stereocenters. The molecule has 20 aromatic rings. The number of nitrogens with zero attached hydrogens (tertiary/aromatic N) is 10. The molecule has 0 fully saturated rings. The van der Waals surface area contributed by atoms with Gasteiger partial charge in [0.25, 0.3) is 0 Å². The minimum Gasteiger partial charge on any atom is -0.308 e. The van der Waals surface area contributed by atoms with Gasteiger partial charge in [0.2, 0.25) is 0 Å². The Morgan fingerprint density at radius 3 is 1.15 bits per heavy atom. The van der Waals surface area contributed by atoms with Gasteiger partial charge in [-0.05, 0) is 213 Å². The van der Waals surface area contributed by atoms with E-state index in [2.05, 4.69) is 364 Å². The highest BCUT2D eigenvalue weighted by atomic mass is 79.9. The largest absolute Gasteiger partial charge is 0.308 e. The fourth-order valence-corrected chi connectivity index (χ4v) is 16.2. The maximum Gasteiger partial charge on any atom is 0.145 e. The molecule has 0 radical (unpaired) electrons. The number of fused-ring (bicyclic) bond motifs is 15. The van der Waals surface area contributed by atoms with E-state index >= 15 is 0 Å². The second-order valence-corrected chi connectivity index (χ2v) is 27.6. The van der Waals surface area contributed by atoms with Gasteiger partial charge in [-0.2, -0.15) is 0 Å². The summed E-state index contributed by atoms with van der Waals surface area (Å²) in [5, 5.41) is 10.9. The number of hydrogen-bond donors (Lipinski definition) is 0. The zero-order valence-electron chi connectivity index (χ0n) is 53.1. The molecule has 0 aliphatic carbocycles. The summed E-state index contributed by atoms with van der Waals surface area (Å²) >= 11 is 18.3. The molecule has 10 aromatic heterocycles. The summed E-state index contributed by atoms with van der Waals surface area (Å²) in [5.74, 6) is 0. The molecule has 0 aliphatic heterocycles. The SMILES string of the molecule is Brc1cccc2c3cccnc3n(-c3ccccc3)c12.Brc1cccc2c3ccncc3n(-c3ccccc3)c12.Brc1cccc2c3cnccc3n(-c3ccccc3)c12.Brc1cccc2c3ncccc3n(-c3ccccc3)c12.Brc1nccc2c3ccccc3n(-c3ccccc3)c12. The minimum absolute atomic E-state index is 0.870. The average Bonchev–Trinajstić information content (AvgIpc) is 1.64. The van der Waals surface area contributed by atoms with Crippen LogP contribution >= 0.6 is 79.6 Å². The van der Waals surface area contributed by atoms with Crippen LogP contribution in [0.3, 0.4) is 0 Å². The zero-order valence-corrected chi connectivity index (χ0v) is 61.0. The highest BCUT2D eigenvalue weighted by Crippen LogP contribution is 2.41. The van der Waals surface area contributed by atoms with Crippen molar-refractivity contribution in [1.29, 1.82) is 0 Å². The first-order chi connectivity index (χ1) is 49.3. The Morgan fingerprint density at radius 2 is 0.570 bits per heavy atom. The normalized spacial score (nSPS) is 11.2. The lowest BCUT2D eigenvalue weighted by Crippen LogP contribution is -1.95. The van der Waals surface area contributed by atoms with Crippen LogP contribution in [0.15, 0.2) is 357 Å². The predicted molar refractivity (Wildman–Crippen MR) is 431 cm³/mol. The number of halogens is 5. The van der Waals surface area contributed by atoms with Crippen molar-refractivity contribution in [2.24, 2.45) is 0 Å². The second kappa shape index (κ2) is 28.3. The van der Waals surface area contributed by atoms with Crippen LogP contribution in [-0.4, -0.2) is 47.8 Å². The quantitative estimate of drug-likeness (QED) is 0.160. The minimum atomic E-state index is 0.870. The van der Waals surface area contributed by atoms with E-state index in [4.69, 9.17) is 0 Å². The molecule has 100 heavy (non-hydrogen) atoms. The smallest absolute Gasteiger partial charge is 0.145 e. The fraction of sp³-hybridized carbons (Fsp3) is 0. The van der Waals surface area contributed by atoms with Crippen molar-refractivity contribution in [3.63, 3.8) is 0 Å². The van der Waals surface area contributed by atoms with E-state index in [-0.39, 0.29) is 0 Å². The van der Waals surface area contributed by atoms with Gasteiger partial charge in [0.1, 0.15) is 10.3 Å². The summed E-state index contributed by atoms with van der Waals surface area (Å²) in [5.41, 5.74) is 18.2. The third-order valence-corrected chi connectivity index (χ3v) is 20.8. The summed E-state index contributed by atoms with van der Waals surface area (Å²) in [6.45, 7) is 0. The summed E-state index contributed by atoms with van der Waals surface area (Å²) < 4.78 is 16.4. The Morgan fingerprint density at radius 1 is 0.210 bits per heavy atom. The van der Waals surface area contributed by atoms with Crippen molar-refractivity contribution in [1.82, 2.24) is 47.8 Å². The van der Waals surface area contributed by atoms with Gasteiger partial charge in [0, 0.05) is 132 Å². The van der Waals surface area contributed by atoms with Crippen molar-refractivity contribution < 1.29 is 0 Å². The van der Waals surface area contributed by atoms with Gasteiger partial charge >= 0.3 is 0 Å². The van der Waals surface area contributed by atoms with E-state index in [1.165, 1.54) is 70.5 Å². The zero-order chi connectivity index (χ0) is 67.6. The number of aromatic nitrogens is 10. The highest BCUT2D eigenvalue weighted by Gasteiger charge is 2.20. The maximum atomic E-state index is 4.58. The molecule has 0 amide bonds. The van der Waals surface area contributed by atoms with E-state index < -0.39 is 0 Å². The molecular formula is C85H55Br5N10. The van der Waals surface area contributed by atoms with Crippen LogP contribution in [0.2, 0.25) is 0 Å². The molecule has 0 bridgehead atoms. The first kappa shape index (κ1) is 64.1. The molecule has 0 spiro atoms. The van der Waals surface area contributed by atoms with E-state index in [0.717, 1.165) is 89.7 Å². The van der Waals surface area contributed by atoms with Crippen molar-refractivity contribution in [2.75, 3.05) is 0 Å². The lowest BCUT2D eigenvalue weighted by molar-refractivity contribution is 1.13. The van der Waals surface area contributed by atoms with Crippen molar-refractivity contribution in [3.05, 3.63) is 357 Å². The summed E-state index contributed by atoms with van der Waals surface area (Å²) in [6, 6.07) is 99.8. The van der Waals surface area contributed by atoms with Gasteiger partial charge in [-0.15, -0.1) is 0 Å². The number of para-hydroxylation sites is 10. The third-order valence-electron chi connectivity index (χ3n) is 17.7. The topological polar surface area (TPSA) is 89.1 Å². The van der Waals surface area contributed by atoms with E-state index in [1.54, 1.807) is 0 Å². The molecule has 0 saturated heterocycles. The Kier molecular flexibility index (Phi) is 18.1. The molecule has 480 valence electrons. The molecule has 15 heteroatoms. The number of benzene rings is 10.